The molecule has 0 aliphatic carbocycles. The molecule has 0 atom stereocenters. The Morgan fingerprint density at radius 2 is 1.90 bits per heavy atom. The summed E-state index contributed by atoms with van der Waals surface area (Å²) in [6, 6.07) is 15.2. The lowest BCUT2D eigenvalue weighted by Gasteiger charge is -2.11. The van der Waals surface area contributed by atoms with Gasteiger partial charge < -0.3 is 20.4 Å². The summed E-state index contributed by atoms with van der Waals surface area (Å²) >= 11 is 0. The molecule has 0 fully saturated rings. The molecular weight excluding hydrogens is 380 g/mol. The maximum absolute atomic E-state index is 12.1. The monoisotopic (exact) mass is 406 g/mol. The highest BCUT2D eigenvalue weighted by Gasteiger charge is 2.07. The van der Waals surface area contributed by atoms with Crippen LogP contribution in [0.25, 0.3) is 11.5 Å². The Kier molecular flexibility index (Phi) is 7.54. The van der Waals surface area contributed by atoms with Crippen LogP contribution in [0.4, 0.5) is 5.82 Å². The predicted molar refractivity (Wildman–Crippen MR) is 117 cm³/mol. The van der Waals surface area contributed by atoms with E-state index in [1.165, 1.54) is 0 Å². The van der Waals surface area contributed by atoms with E-state index in [0.29, 0.717) is 43.7 Å². The standard InChI is InChI=1S/C22H26N6O2/c1-3-23-22(24-13-12-20(29)28-19-11-7-8-16(2)26-19)25-14-18-15-30-21(27-18)17-9-5-4-6-10-17/h4-11,15H,3,12-14H2,1-2H3,(H2,23,24,25)(H,26,28,29). The van der Waals surface area contributed by atoms with Crippen molar-refractivity contribution < 1.29 is 9.21 Å². The lowest BCUT2D eigenvalue weighted by Crippen LogP contribution is -2.38. The molecule has 0 saturated carbocycles. The molecule has 0 unspecified atom stereocenters. The van der Waals surface area contributed by atoms with E-state index in [1.54, 1.807) is 12.3 Å². The number of nitrogens with zero attached hydrogens (tertiary/aromatic N) is 3. The first-order valence-corrected chi connectivity index (χ1v) is 9.89. The van der Waals surface area contributed by atoms with Gasteiger partial charge in [0.25, 0.3) is 0 Å². The molecule has 3 N–H and O–H groups in total. The number of oxazole rings is 1. The highest BCUT2D eigenvalue weighted by Crippen LogP contribution is 2.18. The molecule has 2 aromatic heterocycles. The fourth-order valence-electron chi connectivity index (χ4n) is 2.71. The van der Waals surface area contributed by atoms with Crippen LogP contribution in [0.3, 0.4) is 0 Å². The van der Waals surface area contributed by atoms with Crippen LogP contribution >= 0.6 is 0 Å². The summed E-state index contributed by atoms with van der Waals surface area (Å²) in [5, 5.41) is 9.11. The minimum absolute atomic E-state index is 0.111. The first kappa shape index (κ1) is 21.0. The van der Waals surface area contributed by atoms with E-state index in [9.17, 15) is 4.79 Å². The first-order chi connectivity index (χ1) is 14.6. The van der Waals surface area contributed by atoms with Gasteiger partial charge in [0.1, 0.15) is 17.8 Å². The molecule has 30 heavy (non-hydrogen) atoms. The SMILES string of the molecule is CCNC(=NCc1coc(-c2ccccc2)n1)NCCC(=O)Nc1cccc(C)n1. The van der Waals surface area contributed by atoms with Crippen molar-refractivity contribution in [3.05, 3.63) is 66.2 Å². The third-order valence-corrected chi connectivity index (χ3v) is 4.12. The average molecular weight is 406 g/mol. The molecule has 1 aromatic carbocycles. The third kappa shape index (κ3) is 6.44. The molecule has 0 saturated heterocycles. The van der Waals surface area contributed by atoms with Gasteiger partial charge in [0.15, 0.2) is 5.96 Å². The van der Waals surface area contributed by atoms with Crippen molar-refractivity contribution >= 4 is 17.7 Å². The zero-order valence-corrected chi connectivity index (χ0v) is 17.2. The summed E-state index contributed by atoms with van der Waals surface area (Å²) < 4.78 is 5.54. The molecule has 0 aliphatic rings. The minimum atomic E-state index is -0.111. The van der Waals surface area contributed by atoms with E-state index in [1.807, 2.05) is 56.3 Å². The highest BCUT2D eigenvalue weighted by atomic mass is 16.3. The van der Waals surface area contributed by atoms with Crippen molar-refractivity contribution in [1.29, 1.82) is 0 Å². The Labute approximate surface area is 175 Å². The third-order valence-electron chi connectivity index (χ3n) is 4.12. The van der Waals surface area contributed by atoms with Gasteiger partial charge in [0.05, 0.1) is 6.54 Å². The smallest absolute Gasteiger partial charge is 0.227 e. The lowest BCUT2D eigenvalue weighted by atomic mass is 10.2. The Morgan fingerprint density at radius 1 is 1.07 bits per heavy atom. The molecule has 0 radical (unpaired) electrons. The maximum Gasteiger partial charge on any atom is 0.227 e. The summed E-state index contributed by atoms with van der Waals surface area (Å²) in [5.41, 5.74) is 2.51. The second-order valence-electron chi connectivity index (χ2n) is 6.59. The largest absolute Gasteiger partial charge is 0.444 e. The van der Waals surface area contributed by atoms with Crippen LogP contribution < -0.4 is 16.0 Å². The number of carbonyl (C=O) groups is 1. The zero-order chi connectivity index (χ0) is 21.2. The normalized spacial score (nSPS) is 11.2. The van der Waals surface area contributed by atoms with Gasteiger partial charge >= 0.3 is 0 Å². The summed E-state index contributed by atoms with van der Waals surface area (Å²) in [6.07, 6.45) is 1.90. The highest BCUT2D eigenvalue weighted by molar-refractivity contribution is 5.90. The minimum Gasteiger partial charge on any atom is -0.444 e. The van der Waals surface area contributed by atoms with Crippen LogP contribution in [-0.2, 0) is 11.3 Å². The molecule has 8 nitrogen and oxygen atoms in total. The van der Waals surface area contributed by atoms with Crippen molar-refractivity contribution in [1.82, 2.24) is 20.6 Å². The Hall–Kier alpha value is -3.68. The van der Waals surface area contributed by atoms with Gasteiger partial charge in [-0.1, -0.05) is 24.3 Å². The number of rotatable bonds is 8. The fourth-order valence-corrected chi connectivity index (χ4v) is 2.71. The van der Waals surface area contributed by atoms with Crippen LogP contribution in [0.2, 0.25) is 0 Å². The second kappa shape index (κ2) is 10.8. The van der Waals surface area contributed by atoms with Gasteiger partial charge in [-0.2, -0.15) is 0 Å². The lowest BCUT2D eigenvalue weighted by molar-refractivity contribution is -0.116. The Bertz CT molecular complexity index is 984. The van der Waals surface area contributed by atoms with E-state index >= 15 is 0 Å². The average Bonchev–Trinajstić information content (AvgIpc) is 3.22. The molecule has 0 spiro atoms. The zero-order valence-electron chi connectivity index (χ0n) is 17.2. The van der Waals surface area contributed by atoms with Crippen molar-refractivity contribution in [2.75, 3.05) is 18.4 Å². The number of carbonyl (C=O) groups excluding carboxylic acids is 1. The number of aliphatic imine (C=N–C) groups is 1. The van der Waals surface area contributed by atoms with Crippen molar-refractivity contribution in [3.63, 3.8) is 0 Å². The summed E-state index contributed by atoms with van der Waals surface area (Å²) in [4.78, 5) is 25.4. The van der Waals surface area contributed by atoms with E-state index in [0.717, 1.165) is 17.0 Å². The molecule has 1 amide bonds. The number of hydrogen-bond donors (Lipinski definition) is 3. The Balaban J connectivity index is 1.50. The number of anilines is 1. The molecule has 3 aromatic rings. The summed E-state index contributed by atoms with van der Waals surface area (Å²) in [7, 11) is 0. The number of nitrogens with one attached hydrogen (secondary N) is 3. The van der Waals surface area contributed by atoms with Crippen LogP contribution in [0, 0.1) is 6.92 Å². The predicted octanol–water partition coefficient (Wildman–Crippen LogP) is 3.13. The second-order valence-corrected chi connectivity index (χ2v) is 6.59. The van der Waals surface area contributed by atoms with E-state index in [-0.39, 0.29) is 5.91 Å². The Morgan fingerprint density at radius 3 is 2.67 bits per heavy atom. The van der Waals surface area contributed by atoms with Gasteiger partial charge in [-0.25, -0.2) is 15.0 Å². The number of hydrogen-bond acceptors (Lipinski definition) is 5. The maximum atomic E-state index is 12.1. The van der Waals surface area contributed by atoms with Crippen LogP contribution in [0.15, 0.2) is 64.2 Å². The summed E-state index contributed by atoms with van der Waals surface area (Å²) in [5.74, 6) is 1.63. The summed E-state index contributed by atoms with van der Waals surface area (Å²) in [6.45, 7) is 5.38. The van der Waals surface area contributed by atoms with Crippen LogP contribution in [0.5, 0.6) is 0 Å². The number of amides is 1. The molecule has 2 heterocycles. The van der Waals surface area contributed by atoms with Gasteiger partial charge in [-0.15, -0.1) is 0 Å². The number of guanidine groups is 1. The van der Waals surface area contributed by atoms with Crippen molar-refractivity contribution in [2.45, 2.75) is 26.8 Å². The van der Waals surface area contributed by atoms with E-state index < -0.39 is 0 Å². The van der Waals surface area contributed by atoms with Gasteiger partial charge in [-0.3, -0.25) is 4.79 Å². The fraction of sp³-hybridized carbons (Fsp3) is 0.273. The van der Waals surface area contributed by atoms with Crippen molar-refractivity contribution in [3.8, 4) is 11.5 Å². The number of aromatic nitrogens is 2. The van der Waals surface area contributed by atoms with Crippen LogP contribution in [-0.4, -0.2) is 34.9 Å². The van der Waals surface area contributed by atoms with Gasteiger partial charge in [0.2, 0.25) is 11.8 Å². The molecule has 8 heteroatoms. The molecule has 0 aliphatic heterocycles. The number of aryl methyl sites for hydroxylation is 1. The molecule has 156 valence electrons. The van der Waals surface area contributed by atoms with Crippen LogP contribution in [0.1, 0.15) is 24.7 Å². The quantitative estimate of drug-likeness (QED) is 0.392. The topological polar surface area (TPSA) is 104 Å². The number of benzene rings is 1. The van der Waals surface area contributed by atoms with Gasteiger partial charge in [0, 0.05) is 30.8 Å². The molecule has 0 bridgehead atoms. The van der Waals surface area contributed by atoms with Gasteiger partial charge in [-0.05, 0) is 38.1 Å². The number of pyridine rings is 1. The molecule has 3 rings (SSSR count). The first-order valence-electron chi connectivity index (χ1n) is 9.89. The molecular formula is C22H26N6O2. The van der Waals surface area contributed by atoms with E-state index in [4.69, 9.17) is 4.42 Å². The van der Waals surface area contributed by atoms with E-state index in [2.05, 4.69) is 30.9 Å². The van der Waals surface area contributed by atoms with Crippen molar-refractivity contribution in [2.24, 2.45) is 4.99 Å².